The Morgan fingerprint density at radius 1 is 1.06 bits per heavy atom. The summed E-state index contributed by atoms with van der Waals surface area (Å²) in [5.74, 6) is 0.131. The zero-order chi connectivity index (χ0) is 22.2. The second kappa shape index (κ2) is 8.33. The van der Waals surface area contributed by atoms with Gasteiger partial charge in [-0.15, -0.1) is 0 Å². The van der Waals surface area contributed by atoms with E-state index in [0.717, 1.165) is 36.8 Å². The smallest absolute Gasteiger partial charge is 0.410 e. The minimum Gasteiger partial charge on any atom is -0.410 e. The van der Waals surface area contributed by atoms with Crippen LogP contribution in [-0.4, -0.2) is 31.0 Å². The fourth-order valence-corrected chi connectivity index (χ4v) is 5.13. The van der Waals surface area contributed by atoms with Crippen LogP contribution in [0.2, 0.25) is 0 Å². The van der Waals surface area contributed by atoms with Crippen LogP contribution in [0.15, 0.2) is 36.4 Å². The van der Waals surface area contributed by atoms with E-state index in [9.17, 15) is 14.0 Å². The second-order valence-electron chi connectivity index (χ2n) is 8.83. The predicted octanol–water partition coefficient (Wildman–Crippen LogP) is 5.40. The molecular weight excluding hydrogens is 395 g/mol. The van der Waals surface area contributed by atoms with Gasteiger partial charge in [0.1, 0.15) is 17.0 Å². The molecule has 31 heavy (non-hydrogen) atoms. The van der Waals surface area contributed by atoms with Crippen LogP contribution in [0.1, 0.15) is 55.2 Å². The van der Waals surface area contributed by atoms with Crippen LogP contribution in [0, 0.1) is 18.7 Å². The molecule has 1 aliphatic heterocycles. The maximum absolute atomic E-state index is 14.3. The lowest BCUT2D eigenvalue weighted by Crippen LogP contribution is -2.43. The molecule has 1 N–H and O–H groups in total. The SMILES string of the molecule is Cc1c(F)ccc2c1NC(=O)C2(c1ccc(OC(=O)N(C)C)cc1)C1CCCCCC1. The van der Waals surface area contributed by atoms with Crippen LogP contribution in [0.4, 0.5) is 14.9 Å². The third-order valence-corrected chi connectivity index (χ3v) is 6.77. The number of fused-ring (bicyclic) bond motifs is 1. The number of benzene rings is 2. The third-order valence-electron chi connectivity index (χ3n) is 6.77. The average Bonchev–Trinajstić information content (AvgIpc) is 2.90. The molecule has 5 nitrogen and oxygen atoms in total. The number of ether oxygens (including phenoxy) is 1. The van der Waals surface area contributed by atoms with Crippen molar-refractivity contribution < 1.29 is 18.7 Å². The molecule has 0 radical (unpaired) electrons. The fraction of sp³-hybridized carbons (Fsp3) is 0.440. The summed E-state index contributed by atoms with van der Waals surface area (Å²) in [6, 6.07) is 10.4. The van der Waals surface area contributed by atoms with E-state index >= 15 is 0 Å². The van der Waals surface area contributed by atoms with E-state index in [2.05, 4.69) is 5.32 Å². The molecule has 6 heteroatoms. The van der Waals surface area contributed by atoms with Gasteiger partial charge in [-0.25, -0.2) is 9.18 Å². The van der Waals surface area contributed by atoms with Crippen LogP contribution < -0.4 is 10.1 Å². The van der Waals surface area contributed by atoms with Crippen molar-refractivity contribution in [1.82, 2.24) is 4.90 Å². The summed E-state index contributed by atoms with van der Waals surface area (Å²) in [7, 11) is 3.25. The van der Waals surface area contributed by atoms with E-state index < -0.39 is 11.5 Å². The van der Waals surface area contributed by atoms with E-state index in [0.29, 0.717) is 17.0 Å². The third kappa shape index (κ3) is 3.58. The molecular formula is C25H29FN2O3. The van der Waals surface area contributed by atoms with Gasteiger partial charge in [-0.2, -0.15) is 0 Å². The average molecular weight is 425 g/mol. The highest BCUT2D eigenvalue weighted by molar-refractivity contribution is 6.09. The quantitative estimate of drug-likeness (QED) is 0.671. The van der Waals surface area contributed by atoms with Crippen molar-refractivity contribution in [3.8, 4) is 5.75 Å². The predicted molar refractivity (Wildman–Crippen MR) is 118 cm³/mol. The lowest BCUT2D eigenvalue weighted by molar-refractivity contribution is -0.121. The van der Waals surface area contributed by atoms with E-state index in [1.165, 1.54) is 23.8 Å². The second-order valence-corrected chi connectivity index (χ2v) is 8.83. The molecule has 0 bridgehead atoms. The lowest BCUT2D eigenvalue weighted by Gasteiger charge is -2.36. The van der Waals surface area contributed by atoms with Crippen molar-refractivity contribution in [2.75, 3.05) is 19.4 Å². The van der Waals surface area contributed by atoms with Gasteiger partial charge in [0.15, 0.2) is 0 Å². The van der Waals surface area contributed by atoms with Crippen molar-refractivity contribution in [3.63, 3.8) is 0 Å². The monoisotopic (exact) mass is 424 g/mol. The van der Waals surface area contributed by atoms with Gasteiger partial charge in [-0.1, -0.05) is 43.9 Å². The van der Waals surface area contributed by atoms with Gasteiger partial charge < -0.3 is 15.0 Å². The summed E-state index contributed by atoms with van der Waals surface area (Å²) < 4.78 is 19.7. The molecule has 2 aromatic carbocycles. The molecule has 1 heterocycles. The first-order valence-corrected chi connectivity index (χ1v) is 11.0. The van der Waals surface area contributed by atoms with Crippen molar-refractivity contribution in [2.24, 2.45) is 5.92 Å². The largest absolute Gasteiger partial charge is 0.414 e. The normalized spacial score (nSPS) is 21.2. The summed E-state index contributed by atoms with van der Waals surface area (Å²) in [5, 5.41) is 3.00. The van der Waals surface area contributed by atoms with E-state index in [4.69, 9.17) is 4.74 Å². The molecule has 2 amide bonds. The topological polar surface area (TPSA) is 58.6 Å². The zero-order valence-corrected chi connectivity index (χ0v) is 18.3. The summed E-state index contributed by atoms with van der Waals surface area (Å²) in [5.41, 5.74) is 1.89. The van der Waals surface area contributed by atoms with Gasteiger partial charge in [-0.05, 0) is 55.0 Å². The van der Waals surface area contributed by atoms with Crippen molar-refractivity contribution in [3.05, 3.63) is 58.9 Å². The highest BCUT2D eigenvalue weighted by atomic mass is 19.1. The Hall–Kier alpha value is -2.89. The van der Waals surface area contributed by atoms with Crippen LogP contribution in [-0.2, 0) is 10.2 Å². The Labute approximate surface area is 182 Å². The molecule has 1 atom stereocenters. The Bertz CT molecular complexity index is 995. The Balaban J connectivity index is 1.83. The van der Waals surface area contributed by atoms with Gasteiger partial charge in [0, 0.05) is 19.7 Å². The highest BCUT2D eigenvalue weighted by Crippen LogP contribution is 2.52. The maximum atomic E-state index is 14.3. The molecule has 2 aliphatic rings. The molecule has 1 unspecified atom stereocenters. The van der Waals surface area contributed by atoms with E-state index in [-0.39, 0.29) is 17.6 Å². The Morgan fingerprint density at radius 3 is 2.32 bits per heavy atom. The minimum atomic E-state index is -0.873. The number of hydrogen-bond donors (Lipinski definition) is 1. The van der Waals surface area contributed by atoms with Crippen LogP contribution in [0.5, 0.6) is 5.75 Å². The zero-order valence-electron chi connectivity index (χ0n) is 18.3. The highest BCUT2D eigenvalue weighted by Gasteiger charge is 2.53. The Kier molecular flexibility index (Phi) is 5.73. The molecule has 164 valence electrons. The molecule has 1 aliphatic carbocycles. The standard InChI is InChI=1S/C25H29FN2O3/c1-16-21(26)15-14-20-22(16)27-23(29)25(20,17-8-6-4-5-7-9-17)18-10-12-19(13-11-18)31-24(30)28(2)3/h10-15,17H,4-9H2,1-3H3,(H,27,29). The number of rotatable bonds is 3. The summed E-state index contributed by atoms with van der Waals surface area (Å²) >= 11 is 0. The fourth-order valence-electron chi connectivity index (χ4n) is 5.13. The summed E-state index contributed by atoms with van der Waals surface area (Å²) in [6.07, 6.45) is 5.93. The van der Waals surface area contributed by atoms with Gasteiger partial charge in [0.25, 0.3) is 0 Å². The van der Waals surface area contributed by atoms with Gasteiger partial charge in [0.05, 0.1) is 5.69 Å². The van der Waals surface area contributed by atoms with Crippen molar-refractivity contribution in [2.45, 2.75) is 50.9 Å². The molecule has 1 fully saturated rings. The van der Waals surface area contributed by atoms with Crippen molar-refractivity contribution in [1.29, 1.82) is 0 Å². The molecule has 0 saturated heterocycles. The lowest BCUT2D eigenvalue weighted by atomic mass is 9.64. The van der Waals surface area contributed by atoms with Gasteiger partial charge in [0.2, 0.25) is 5.91 Å². The number of nitrogens with zero attached hydrogens (tertiary/aromatic N) is 1. The summed E-state index contributed by atoms with van der Waals surface area (Å²) in [4.78, 5) is 26.9. The molecule has 0 spiro atoms. The number of carbonyl (C=O) groups is 2. The number of hydrogen-bond acceptors (Lipinski definition) is 3. The van der Waals surface area contributed by atoms with E-state index in [1.54, 1.807) is 39.2 Å². The molecule has 0 aromatic heterocycles. The first kappa shape index (κ1) is 21.3. The van der Waals surface area contributed by atoms with E-state index in [1.807, 2.05) is 12.1 Å². The maximum Gasteiger partial charge on any atom is 0.414 e. The van der Waals surface area contributed by atoms with Gasteiger partial charge in [-0.3, -0.25) is 4.79 Å². The first-order valence-electron chi connectivity index (χ1n) is 11.0. The molecule has 2 aromatic rings. The first-order chi connectivity index (χ1) is 14.9. The number of carbonyl (C=O) groups excluding carboxylic acids is 2. The number of amides is 2. The van der Waals surface area contributed by atoms with Crippen LogP contribution in [0.3, 0.4) is 0 Å². The number of halogens is 1. The van der Waals surface area contributed by atoms with Gasteiger partial charge >= 0.3 is 6.09 Å². The van der Waals surface area contributed by atoms with Crippen LogP contribution >= 0.6 is 0 Å². The molecule has 1 saturated carbocycles. The number of nitrogens with one attached hydrogen (secondary N) is 1. The summed E-state index contributed by atoms with van der Waals surface area (Å²) in [6.45, 7) is 1.71. The number of anilines is 1. The van der Waals surface area contributed by atoms with Crippen molar-refractivity contribution >= 4 is 17.7 Å². The Morgan fingerprint density at radius 2 is 1.71 bits per heavy atom. The minimum absolute atomic E-state index is 0.0962. The molecule has 4 rings (SSSR count). The van der Waals surface area contributed by atoms with Crippen LogP contribution in [0.25, 0.3) is 0 Å².